The first-order valence-corrected chi connectivity index (χ1v) is 14.7. The van der Waals surface area contributed by atoms with Crippen LogP contribution in [0.25, 0.3) is 0 Å². The van der Waals surface area contributed by atoms with Crippen LogP contribution in [0.1, 0.15) is 49.9 Å². The van der Waals surface area contributed by atoms with Gasteiger partial charge in [-0.1, -0.05) is 43.2 Å². The smallest absolute Gasteiger partial charge is 0.444 e. The second-order valence-electron chi connectivity index (χ2n) is 11.4. The van der Waals surface area contributed by atoms with Gasteiger partial charge in [-0.15, -0.1) is 6.42 Å². The van der Waals surface area contributed by atoms with Gasteiger partial charge in [-0.3, -0.25) is 19.4 Å². The van der Waals surface area contributed by atoms with Gasteiger partial charge in [-0.05, 0) is 73.7 Å². The Morgan fingerprint density at radius 2 is 1.64 bits per heavy atom. The van der Waals surface area contributed by atoms with E-state index in [1.807, 2.05) is 6.92 Å². The number of hydrogen-bond donors (Lipinski definition) is 2. The number of alkyl halides is 3. The minimum absolute atomic E-state index is 0.0133. The van der Waals surface area contributed by atoms with E-state index in [9.17, 15) is 32.3 Å². The first-order chi connectivity index (χ1) is 22.0. The maximum atomic E-state index is 13.6. The molecular weight excluding hydrogens is 615 g/mol. The number of ether oxygens (including phenoxy) is 1. The molecule has 0 aliphatic rings. The van der Waals surface area contributed by atoms with Crippen LogP contribution in [-0.4, -0.2) is 71.9 Å². The largest absolute Gasteiger partial charge is 0.471 e. The molecule has 0 aromatic heterocycles. The molecule has 252 valence electrons. The molecule has 13 heteroatoms. The second kappa shape index (κ2) is 17.5. The Morgan fingerprint density at radius 3 is 2.23 bits per heavy atom. The summed E-state index contributed by atoms with van der Waals surface area (Å²) in [5, 5.41) is 5.17. The SMILES string of the molecule is C#C/C=C\C=N/CNC(=O)Cc1cc(NC(=O)CN(Cc2ccccc2CN(C)C(=O)OC(C)(C)C)C(=O)C(F)(F)F)ccc1CC. The van der Waals surface area contributed by atoms with Gasteiger partial charge in [0.25, 0.3) is 0 Å². The fraction of sp³-hybridized carbons (Fsp3) is 0.382. The van der Waals surface area contributed by atoms with Gasteiger partial charge >= 0.3 is 18.2 Å². The van der Waals surface area contributed by atoms with Crippen LogP contribution < -0.4 is 10.6 Å². The van der Waals surface area contributed by atoms with Crippen molar-refractivity contribution in [2.45, 2.75) is 65.4 Å². The Hall–Kier alpha value is -5.12. The number of nitrogens with zero attached hydrogens (tertiary/aromatic N) is 3. The first-order valence-electron chi connectivity index (χ1n) is 14.7. The molecule has 0 fully saturated rings. The number of amides is 4. The van der Waals surface area contributed by atoms with Gasteiger partial charge in [0.1, 0.15) is 18.8 Å². The molecule has 47 heavy (non-hydrogen) atoms. The predicted molar refractivity (Wildman–Crippen MR) is 173 cm³/mol. The van der Waals surface area contributed by atoms with Crippen molar-refractivity contribution < 1.29 is 37.1 Å². The molecule has 2 aromatic rings. The van der Waals surface area contributed by atoms with Crippen molar-refractivity contribution in [1.82, 2.24) is 15.1 Å². The predicted octanol–water partition coefficient (Wildman–Crippen LogP) is 5.02. The standard InChI is InChI=1S/C34H40F3N5O5/c1-7-9-12-17-38-23-39-29(43)19-27-18-28(16-15-24(27)8-2)40-30(44)22-42(31(45)34(35,36)37)21-26-14-11-10-13-25(26)20-41(6)32(46)47-33(3,4)5/h1,9-18H,8,19-23H2,2-6H3,(H,39,43)(H,40,44)/b12-9-,38-17-. The zero-order valence-corrected chi connectivity index (χ0v) is 27.1. The number of nitrogens with one attached hydrogen (secondary N) is 2. The summed E-state index contributed by atoms with van der Waals surface area (Å²) in [6, 6.07) is 11.2. The minimum Gasteiger partial charge on any atom is -0.444 e. The van der Waals surface area contributed by atoms with Gasteiger partial charge in [0, 0.05) is 32.0 Å². The number of allylic oxidation sites excluding steroid dienone is 2. The van der Waals surface area contributed by atoms with Gasteiger partial charge in [0.15, 0.2) is 0 Å². The normalized spacial score (nSPS) is 11.6. The van der Waals surface area contributed by atoms with E-state index >= 15 is 0 Å². The Morgan fingerprint density at radius 1 is 0.979 bits per heavy atom. The molecule has 0 heterocycles. The highest BCUT2D eigenvalue weighted by molar-refractivity contribution is 5.95. The van der Waals surface area contributed by atoms with Crippen LogP contribution in [0.2, 0.25) is 0 Å². The lowest BCUT2D eigenvalue weighted by molar-refractivity contribution is -0.186. The molecule has 0 spiro atoms. The molecule has 0 aliphatic carbocycles. The lowest BCUT2D eigenvalue weighted by Crippen LogP contribution is -2.44. The maximum Gasteiger partial charge on any atom is 0.471 e. The van der Waals surface area contributed by atoms with E-state index < -0.39 is 42.8 Å². The number of halogens is 3. The number of rotatable bonds is 13. The van der Waals surface area contributed by atoms with Crippen molar-refractivity contribution in [2.75, 3.05) is 25.6 Å². The number of carbonyl (C=O) groups excluding carboxylic acids is 4. The second-order valence-corrected chi connectivity index (χ2v) is 11.4. The molecule has 0 saturated heterocycles. The van der Waals surface area contributed by atoms with Gasteiger partial charge in [0.2, 0.25) is 11.8 Å². The van der Waals surface area contributed by atoms with Crippen LogP contribution in [0.3, 0.4) is 0 Å². The van der Waals surface area contributed by atoms with E-state index in [1.54, 1.807) is 63.2 Å². The van der Waals surface area contributed by atoms with Crippen molar-refractivity contribution in [1.29, 1.82) is 0 Å². The van der Waals surface area contributed by atoms with Crippen molar-refractivity contribution in [3.05, 3.63) is 76.9 Å². The molecule has 0 saturated carbocycles. The number of aliphatic imine (C=N–C) groups is 1. The highest BCUT2D eigenvalue weighted by Crippen LogP contribution is 2.23. The highest BCUT2D eigenvalue weighted by Gasteiger charge is 2.43. The summed E-state index contributed by atoms with van der Waals surface area (Å²) in [6.07, 6.45) is 4.21. The molecule has 2 aromatic carbocycles. The number of benzene rings is 2. The topological polar surface area (TPSA) is 120 Å². The van der Waals surface area contributed by atoms with Gasteiger partial charge in [-0.25, -0.2) is 4.79 Å². The van der Waals surface area contributed by atoms with Crippen molar-refractivity contribution in [3.63, 3.8) is 0 Å². The Kier molecular flexibility index (Phi) is 14.2. The molecule has 0 atom stereocenters. The third-order valence-electron chi connectivity index (χ3n) is 6.43. The third-order valence-corrected chi connectivity index (χ3v) is 6.43. The summed E-state index contributed by atoms with van der Waals surface area (Å²) < 4.78 is 46.2. The quantitative estimate of drug-likeness (QED) is 0.232. The van der Waals surface area contributed by atoms with Crippen LogP contribution in [-0.2, 0) is 45.1 Å². The third kappa shape index (κ3) is 13.4. The van der Waals surface area contributed by atoms with Crippen LogP contribution in [0.15, 0.2) is 59.6 Å². The molecule has 0 unspecified atom stereocenters. The molecule has 10 nitrogen and oxygen atoms in total. The van der Waals surface area contributed by atoms with Gasteiger partial charge in [0.05, 0.1) is 6.42 Å². The highest BCUT2D eigenvalue weighted by atomic mass is 19.4. The summed E-state index contributed by atoms with van der Waals surface area (Å²) in [5.41, 5.74) is 1.70. The molecule has 4 amide bonds. The minimum atomic E-state index is -5.24. The Labute approximate surface area is 273 Å². The van der Waals surface area contributed by atoms with E-state index in [4.69, 9.17) is 11.2 Å². The van der Waals surface area contributed by atoms with E-state index in [2.05, 4.69) is 21.5 Å². The van der Waals surface area contributed by atoms with E-state index in [0.717, 1.165) is 5.56 Å². The lowest BCUT2D eigenvalue weighted by atomic mass is 10.0. The van der Waals surface area contributed by atoms with Crippen LogP contribution in [0, 0.1) is 12.3 Å². The molecule has 0 radical (unpaired) electrons. The van der Waals surface area contributed by atoms with E-state index in [0.29, 0.717) is 28.0 Å². The monoisotopic (exact) mass is 655 g/mol. The number of aryl methyl sites for hydroxylation is 1. The van der Waals surface area contributed by atoms with Crippen molar-refractivity contribution in [3.8, 4) is 12.3 Å². The molecular formula is C34H40F3N5O5. The maximum absolute atomic E-state index is 13.6. The van der Waals surface area contributed by atoms with E-state index in [1.165, 1.54) is 30.3 Å². The fourth-order valence-electron chi connectivity index (χ4n) is 4.28. The fourth-order valence-corrected chi connectivity index (χ4v) is 4.28. The summed E-state index contributed by atoms with van der Waals surface area (Å²) in [7, 11) is 1.48. The summed E-state index contributed by atoms with van der Waals surface area (Å²) in [4.78, 5) is 56.1. The lowest BCUT2D eigenvalue weighted by Gasteiger charge is -2.27. The molecule has 0 bridgehead atoms. The average Bonchev–Trinajstić information content (AvgIpc) is 2.98. The number of anilines is 1. The van der Waals surface area contributed by atoms with Crippen LogP contribution in [0.5, 0.6) is 0 Å². The number of hydrogen-bond acceptors (Lipinski definition) is 6. The number of carbonyl (C=O) groups is 4. The Bertz CT molecular complexity index is 1520. The first kappa shape index (κ1) is 38.1. The van der Waals surface area contributed by atoms with Crippen LogP contribution in [0.4, 0.5) is 23.7 Å². The number of terminal acetylenes is 1. The van der Waals surface area contributed by atoms with Gasteiger partial charge in [-0.2, -0.15) is 13.2 Å². The van der Waals surface area contributed by atoms with Crippen molar-refractivity contribution >= 4 is 35.7 Å². The van der Waals surface area contributed by atoms with Gasteiger partial charge < -0.3 is 25.2 Å². The van der Waals surface area contributed by atoms with E-state index in [-0.39, 0.29) is 31.2 Å². The summed E-state index contributed by atoms with van der Waals surface area (Å²) in [6.45, 7) is 5.55. The van der Waals surface area contributed by atoms with Crippen LogP contribution >= 0.6 is 0 Å². The molecule has 2 rings (SSSR count). The summed E-state index contributed by atoms with van der Waals surface area (Å²) >= 11 is 0. The molecule has 2 N–H and O–H groups in total. The van der Waals surface area contributed by atoms with Crippen molar-refractivity contribution in [2.24, 2.45) is 4.99 Å². The average molecular weight is 656 g/mol. The molecule has 0 aliphatic heterocycles. The zero-order valence-electron chi connectivity index (χ0n) is 27.1. The Balaban J connectivity index is 2.21. The summed E-state index contributed by atoms with van der Waals surface area (Å²) in [5.74, 6) is -1.10. The zero-order chi connectivity index (χ0) is 35.2.